The molecule has 4 heteroatoms. The van der Waals surface area contributed by atoms with Crippen molar-refractivity contribution in [3.05, 3.63) is 158 Å². The second kappa shape index (κ2) is 12.2. The van der Waals surface area contributed by atoms with E-state index in [2.05, 4.69) is 107 Å². The third-order valence-corrected chi connectivity index (χ3v) is 9.44. The van der Waals surface area contributed by atoms with Crippen LogP contribution in [0.5, 0.6) is 0 Å². The van der Waals surface area contributed by atoms with E-state index < -0.39 is 0 Å². The number of nitrogens with zero attached hydrogens (tertiary/aromatic N) is 2. The number of rotatable bonds is 4. The molecule has 0 N–H and O–H groups in total. The molecule has 0 amide bonds. The van der Waals surface area contributed by atoms with Crippen LogP contribution in [-0.2, 0) is 0 Å². The van der Waals surface area contributed by atoms with E-state index in [4.69, 9.17) is 8.83 Å². The van der Waals surface area contributed by atoms with Gasteiger partial charge in [-0.05, 0) is 68.7 Å². The zero-order chi connectivity index (χ0) is 33.6. The second-order valence-corrected chi connectivity index (χ2v) is 12.1. The lowest BCUT2D eigenvalue weighted by atomic mass is 9.85. The van der Waals surface area contributed by atoms with Crippen LogP contribution in [0.3, 0.4) is 0 Å². The lowest BCUT2D eigenvalue weighted by Gasteiger charge is -2.18. The molecule has 4 nitrogen and oxygen atoms in total. The highest BCUT2D eigenvalue weighted by molar-refractivity contribution is 6.26. The number of para-hydroxylation sites is 2. The highest BCUT2D eigenvalue weighted by Crippen LogP contribution is 2.52. The number of furan rings is 2. The highest BCUT2D eigenvalue weighted by Gasteiger charge is 2.27. The number of aromatic nitrogens is 2. The Bertz CT molecular complexity index is 2640. The summed E-state index contributed by atoms with van der Waals surface area (Å²) in [5.41, 5.74) is 7.85. The smallest absolute Gasteiger partial charge is 0.144 e. The summed E-state index contributed by atoms with van der Waals surface area (Å²) in [7, 11) is 0. The standard InChI is InChI=1S/C44H26N2O2.C2H6/c1-2-12-28-24-36-35(23-27(28)11-1)41(43-39(29-13-9-21-45-25-29)33-17-5-7-19-37(33)47-43)31-15-3-4-16-32(31)42(36)44-40(30-14-10-22-46-26-30)34-18-6-8-20-38(34)48-44;1-2/h1-26H;1-2H3. The predicted octanol–water partition coefficient (Wildman–Crippen LogP) is 13.1. The van der Waals surface area contributed by atoms with E-state index in [1.807, 2.05) is 75.0 Å². The van der Waals surface area contributed by atoms with E-state index in [1.165, 1.54) is 0 Å². The molecule has 0 spiro atoms. The van der Waals surface area contributed by atoms with Gasteiger partial charge < -0.3 is 8.83 Å². The number of benzene rings is 6. The third-order valence-electron chi connectivity index (χ3n) is 9.44. The summed E-state index contributed by atoms with van der Waals surface area (Å²) in [5.74, 6) is 1.65. The molecule has 0 bridgehead atoms. The lowest BCUT2D eigenvalue weighted by molar-refractivity contribution is 0.632. The summed E-state index contributed by atoms with van der Waals surface area (Å²) in [6, 6.07) is 46.5. The minimum atomic E-state index is 0.823. The van der Waals surface area contributed by atoms with Crippen LogP contribution < -0.4 is 0 Å². The van der Waals surface area contributed by atoms with Gasteiger partial charge in [-0.15, -0.1) is 0 Å². The Morgan fingerprint density at radius 3 is 1.20 bits per heavy atom. The molecule has 0 saturated heterocycles. The summed E-state index contributed by atoms with van der Waals surface area (Å²) >= 11 is 0. The molecule has 6 aromatic carbocycles. The van der Waals surface area contributed by atoms with Crippen LogP contribution in [0.2, 0.25) is 0 Å². The zero-order valence-electron chi connectivity index (χ0n) is 27.7. The summed E-state index contributed by atoms with van der Waals surface area (Å²) < 4.78 is 13.8. The molecule has 0 aliphatic heterocycles. The maximum absolute atomic E-state index is 6.90. The van der Waals surface area contributed by atoms with Crippen molar-refractivity contribution in [3.63, 3.8) is 0 Å². The number of pyridine rings is 2. The van der Waals surface area contributed by atoms with Crippen LogP contribution in [0.4, 0.5) is 0 Å². The summed E-state index contributed by atoms with van der Waals surface area (Å²) in [6.07, 6.45) is 7.46. The number of hydrogen-bond donors (Lipinski definition) is 0. The van der Waals surface area contributed by atoms with Crippen molar-refractivity contribution >= 4 is 54.3 Å². The number of hydrogen-bond acceptors (Lipinski definition) is 4. The predicted molar refractivity (Wildman–Crippen MR) is 207 cm³/mol. The summed E-state index contributed by atoms with van der Waals surface area (Å²) in [5, 5.41) is 8.76. The molecule has 0 saturated carbocycles. The van der Waals surface area contributed by atoms with Gasteiger partial charge in [-0.2, -0.15) is 0 Å². The van der Waals surface area contributed by atoms with Gasteiger partial charge >= 0.3 is 0 Å². The quantitative estimate of drug-likeness (QED) is 0.179. The van der Waals surface area contributed by atoms with Crippen LogP contribution in [0.15, 0.2) is 167 Å². The van der Waals surface area contributed by atoms with Gasteiger partial charge in [0.15, 0.2) is 0 Å². The molecule has 50 heavy (non-hydrogen) atoms. The minimum absolute atomic E-state index is 0.823. The van der Waals surface area contributed by atoms with E-state index in [0.717, 1.165) is 99.2 Å². The Kier molecular flexibility index (Phi) is 7.21. The van der Waals surface area contributed by atoms with Crippen molar-refractivity contribution in [2.45, 2.75) is 13.8 Å². The van der Waals surface area contributed by atoms with Crippen LogP contribution >= 0.6 is 0 Å². The summed E-state index contributed by atoms with van der Waals surface area (Å²) in [4.78, 5) is 9.00. The van der Waals surface area contributed by atoms with Gasteiger partial charge in [0, 0.05) is 68.9 Å². The van der Waals surface area contributed by atoms with Gasteiger partial charge in [-0.3, -0.25) is 9.97 Å². The fourth-order valence-electron chi connectivity index (χ4n) is 7.39. The van der Waals surface area contributed by atoms with Gasteiger partial charge in [-0.25, -0.2) is 0 Å². The zero-order valence-corrected chi connectivity index (χ0v) is 27.7. The maximum atomic E-state index is 6.90. The SMILES string of the molecule is CC.c1cncc(-c2c(-c3c4ccccc4c(-c4oc5ccccc5c4-c4cccnc4)c4cc5ccccc5cc34)oc3ccccc23)c1. The van der Waals surface area contributed by atoms with Gasteiger partial charge in [-0.1, -0.05) is 111 Å². The average molecular weight is 645 g/mol. The van der Waals surface area contributed by atoms with Crippen LogP contribution in [0, 0.1) is 0 Å². The van der Waals surface area contributed by atoms with Gasteiger partial charge in [0.1, 0.15) is 22.7 Å². The first kappa shape index (κ1) is 29.6. The maximum Gasteiger partial charge on any atom is 0.144 e. The minimum Gasteiger partial charge on any atom is -0.455 e. The topological polar surface area (TPSA) is 52.1 Å². The molecule has 238 valence electrons. The van der Waals surface area contributed by atoms with Crippen LogP contribution in [-0.4, -0.2) is 9.97 Å². The molecule has 0 aliphatic carbocycles. The number of fused-ring (bicyclic) bond motifs is 5. The van der Waals surface area contributed by atoms with Crippen molar-refractivity contribution < 1.29 is 8.83 Å². The largest absolute Gasteiger partial charge is 0.455 e. The summed E-state index contributed by atoms with van der Waals surface area (Å²) in [6.45, 7) is 4.00. The van der Waals surface area contributed by atoms with E-state index in [0.29, 0.717) is 0 Å². The lowest BCUT2D eigenvalue weighted by Crippen LogP contribution is -1.92. The van der Waals surface area contributed by atoms with Crippen molar-refractivity contribution in [1.29, 1.82) is 0 Å². The first-order valence-electron chi connectivity index (χ1n) is 17.1. The average Bonchev–Trinajstić information content (AvgIpc) is 3.76. The molecule has 4 heterocycles. The van der Waals surface area contributed by atoms with Crippen molar-refractivity contribution in [1.82, 2.24) is 9.97 Å². The molecule has 0 unspecified atom stereocenters. The molecule has 4 aromatic heterocycles. The Morgan fingerprint density at radius 1 is 0.380 bits per heavy atom. The highest BCUT2D eigenvalue weighted by atomic mass is 16.3. The molecule has 10 aromatic rings. The van der Waals surface area contributed by atoms with E-state index in [9.17, 15) is 0 Å². The first-order valence-corrected chi connectivity index (χ1v) is 17.1. The molecule has 10 rings (SSSR count). The molecule has 0 radical (unpaired) electrons. The molecule has 0 atom stereocenters. The molecule has 0 fully saturated rings. The monoisotopic (exact) mass is 644 g/mol. The Labute approximate surface area is 289 Å². The van der Waals surface area contributed by atoms with Gasteiger partial charge in [0.05, 0.1) is 0 Å². The molecule has 0 aliphatic rings. The fourth-order valence-corrected chi connectivity index (χ4v) is 7.39. The van der Waals surface area contributed by atoms with Crippen molar-refractivity contribution in [2.75, 3.05) is 0 Å². The first-order chi connectivity index (χ1) is 24.8. The normalized spacial score (nSPS) is 11.4. The Balaban J connectivity index is 0.00000165. The fraction of sp³-hybridized carbons (Fsp3) is 0.0435. The third kappa shape index (κ3) is 4.61. The van der Waals surface area contributed by atoms with Gasteiger partial charge in [0.25, 0.3) is 0 Å². The molecular formula is C46H32N2O2. The molecular weight excluding hydrogens is 613 g/mol. The van der Waals surface area contributed by atoms with Crippen LogP contribution in [0.25, 0.3) is 99.2 Å². The van der Waals surface area contributed by atoms with E-state index >= 15 is 0 Å². The van der Waals surface area contributed by atoms with Crippen molar-refractivity contribution in [2.24, 2.45) is 0 Å². The van der Waals surface area contributed by atoms with Crippen LogP contribution in [0.1, 0.15) is 13.8 Å². The van der Waals surface area contributed by atoms with Crippen molar-refractivity contribution in [3.8, 4) is 44.9 Å². The Morgan fingerprint density at radius 2 is 0.780 bits per heavy atom. The Hall–Kier alpha value is -6.52. The second-order valence-electron chi connectivity index (χ2n) is 12.1. The van der Waals surface area contributed by atoms with Gasteiger partial charge in [0.2, 0.25) is 0 Å². The van der Waals surface area contributed by atoms with E-state index in [-0.39, 0.29) is 0 Å². The van der Waals surface area contributed by atoms with E-state index in [1.54, 1.807) is 0 Å².